The van der Waals surface area contributed by atoms with Crippen molar-refractivity contribution in [2.45, 2.75) is 39.3 Å². The molecule has 104 valence electrons. The molecular formula is C16H23NOS. The third-order valence-corrected chi connectivity index (χ3v) is 4.27. The van der Waals surface area contributed by atoms with Gasteiger partial charge in [0.15, 0.2) is 0 Å². The zero-order valence-electron chi connectivity index (χ0n) is 12.0. The van der Waals surface area contributed by atoms with Crippen molar-refractivity contribution in [2.24, 2.45) is 0 Å². The number of nitrogens with one attached hydrogen (secondary N) is 1. The first-order valence-corrected chi connectivity index (χ1v) is 8.41. The molecule has 0 spiro atoms. The smallest absolute Gasteiger partial charge is 0.134 e. The van der Waals surface area contributed by atoms with Crippen LogP contribution in [0.3, 0.4) is 0 Å². The van der Waals surface area contributed by atoms with Crippen molar-refractivity contribution in [1.82, 2.24) is 5.32 Å². The van der Waals surface area contributed by atoms with Gasteiger partial charge in [0.05, 0.1) is 0 Å². The molecular weight excluding hydrogens is 254 g/mol. The monoisotopic (exact) mass is 277 g/mol. The molecule has 0 aliphatic rings. The molecule has 3 heteroatoms. The van der Waals surface area contributed by atoms with Crippen LogP contribution in [0.15, 0.2) is 28.7 Å². The van der Waals surface area contributed by atoms with Crippen molar-refractivity contribution in [3.8, 4) is 0 Å². The molecule has 0 amide bonds. The number of furan rings is 1. The van der Waals surface area contributed by atoms with Crippen LogP contribution in [0.5, 0.6) is 0 Å². The fraction of sp³-hybridized carbons (Fsp3) is 0.500. The zero-order chi connectivity index (χ0) is 13.7. The lowest BCUT2D eigenvalue weighted by atomic mass is 10.1. The first-order valence-electron chi connectivity index (χ1n) is 7.01. The maximum absolute atomic E-state index is 5.93. The maximum atomic E-state index is 5.93. The molecule has 2 nitrogen and oxygen atoms in total. The number of fused-ring (bicyclic) bond motifs is 1. The third-order valence-electron chi connectivity index (χ3n) is 3.53. The number of para-hydroxylation sites is 1. The molecule has 0 bridgehead atoms. The van der Waals surface area contributed by atoms with E-state index in [0.29, 0.717) is 6.04 Å². The molecule has 0 fully saturated rings. The molecule has 1 aromatic heterocycles. The Labute approximate surface area is 119 Å². The van der Waals surface area contributed by atoms with Crippen molar-refractivity contribution in [1.29, 1.82) is 0 Å². The van der Waals surface area contributed by atoms with Gasteiger partial charge >= 0.3 is 0 Å². The number of hydrogen-bond donors (Lipinski definition) is 1. The highest BCUT2D eigenvalue weighted by Gasteiger charge is 2.13. The fourth-order valence-electron chi connectivity index (χ4n) is 2.40. The number of benzene rings is 1. The van der Waals surface area contributed by atoms with E-state index in [2.05, 4.69) is 43.6 Å². The van der Waals surface area contributed by atoms with Gasteiger partial charge in [-0.25, -0.2) is 0 Å². The summed E-state index contributed by atoms with van der Waals surface area (Å²) >= 11 is 1.90. The maximum Gasteiger partial charge on any atom is 0.134 e. The van der Waals surface area contributed by atoms with E-state index in [4.69, 9.17) is 4.42 Å². The summed E-state index contributed by atoms with van der Waals surface area (Å²) in [6, 6.07) is 8.90. The predicted octanol–water partition coefficient (Wildman–Crippen LogP) is 4.23. The summed E-state index contributed by atoms with van der Waals surface area (Å²) < 4.78 is 5.93. The Kier molecular flexibility index (Phi) is 5.34. The topological polar surface area (TPSA) is 25.2 Å². The van der Waals surface area contributed by atoms with E-state index in [-0.39, 0.29) is 0 Å². The van der Waals surface area contributed by atoms with Crippen LogP contribution in [0.25, 0.3) is 11.0 Å². The highest BCUT2D eigenvalue weighted by molar-refractivity contribution is 7.98. The molecule has 2 aromatic rings. The minimum Gasteiger partial charge on any atom is -0.461 e. The van der Waals surface area contributed by atoms with Gasteiger partial charge < -0.3 is 9.73 Å². The van der Waals surface area contributed by atoms with Gasteiger partial charge in [-0.3, -0.25) is 0 Å². The lowest BCUT2D eigenvalue weighted by molar-refractivity contribution is 0.517. The van der Waals surface area contributed by atoms with Crippen LogP contribution in [0.2, 0.25) is 0 Å². The van der Waals surface area contributed by atoms with Gasteiger partial charge in [0.25, 0.3) is 0 Å². The molecule has 2 rings (SSSR count). The molecule has 19 heavy (non-hydrogen) atoms. The summed E-state index contributed by atoms with van der Waals surface area (Å²) in [7, 11) is 0. The molecule has 1 aromatic carbocycles. The van der Waals surface area contributed by atoms with Crippen LogP contribution in [0.1, 0.15) is 31.6 Å². The molecule has 0 aliphatic carbocycles. The Bertz CT molecular complexity index is 520. The van der Waals surface area contributed by atoms with E-state index in [0.717, 1.165) is 36.5 Å². The van der Waals surface area contributed by atoms with Gasteiger partial charge in [-0.05, 0) is 18.7 Å². The Hall–Kier alpha value is -0.930. The summed E-state index contributed by atoms with van der Waals surface area (Å²) in [5.74, 6) is 2.28. The van der Waals surface area contributed by atoms with E-state index >= 15 is 0 Å². The van der Waals surface area contributed by atoms with Crippen LogP contribution in [0.4, 0.5) is 0 Å². The lowest BCUT2D eigenvalue weighted by Crippen LogP contribution is -2.30. The summed E-state index contributed by atoms with van der Waals surface area (Å²) in [5, 5.41) is 4.91. The standard InChI is InChI=1S/C16H23NOS/c1-4-12(11-19-3)17-10-14-13-8-6-7-9-16(13)18-15(14)5-2/h6-9,12,17H,4-5,10-11H2,1-3H3. The quantitative estimate of drug-likeness (QED) is 0.820. The highest BCUT2D eigenvalue weighted by Crippen LogP contribution is 2.26. The van der Waals surface area contributed by atoms with E-state index in [1.807, 2.05) is 17.8 Å². The van der Waals surface area contributed by atoms with Crippen molar-refractivity contribution in [3.05, 3.63) is 35.6 Å². The van der Waals surface area contributed by atoms with Gasteiger partial charge in [-0.15, -0.1) is 0 Å². The van der Waals surface area contributed by atoms with Gasteiger partial charge in [-0.1, -0.05) is 32.0 Å². The minimum atomic E-state index is 0.577. The molecule has 1 heterocycles. The number of rotatable bonds is 7. The summed E-state index contributed by atoms with van der Waals surface area (Å²) in [6.07, 6.45) is 4.28. The summed E-state index contributed by atoms with van der Waals surface area (Å²) in [4.78, 5) is 0. The first-order chi connectivity index (χ1) is 9.30. The summed E-state index contributed by atoms with van der Waals surface area (Å²) in [5.41, 5.74) is 2.34. The molecule has 0 radical (unpaired) electrons. The predicted molar refractivity (Wildman–Crippen MR) is 84.9 cm³/mol. The average molecular weight is 277 g/mol. The van der Waals surface area contributed by atoms with Gasteiger partial charge in [0.1, 0.15) is 11.3 Å². The van der Waals surface area contributed by atoms with Crippen molar-refractivity contribution < 1.29 is 4.42 Å². The fourth-order valence-corrected chi connectivity index (χ4v) is 3.15. The Morgan fingerprint density at radius 2 is 2.05 bits per heavy atom. The number of hydrogen-bond acceptors (Lipinski definition) is 3. The Morgan fingerprint density at radius 1 is 1.26 bits per heavy atom. The normalized spacial score (nSPS) is 13.0. The molecule has 1 N–H and O–H groups in total. The van der Waals surface area contributed by atoms with E-state index < -0.39 is 0 Å². The number of aryl methyl sites for hydroxylation is 1. The Balaban J connectivity index is 2.18. The SMILES string of the molecule is CCc1oc2ccccc2c1CNC(CC)CSC. The van der Waals surface area contributed by atoms with Gasteiger partial charge in [0.2, 0.25) is 0 Å². The highest BCUT2D eigenvalue weighted by atomic mass is 32.2. The van der Waals surface area contributed by atoms with Crippen LogP contribution in [0, 0.1) is 0 Å². The van der Waals surface area contributed by atoms with Crippen LogP contribution >= 0.6 is 11.8 Å². The molecule has 1 atom stereocenters. The third kappa shape index (κ3) is 3.34. The van der Waals surface area contributed by atoms with Crippen LogP contribution < -0.4 is 5.32 Å². The largest absolute Gasteiger partial charge is 0.461 e. The van der Waals surface area contributed by atoms with E-state index in [9.17, 15) is 0 Å². The minimum absolute atomic E-state index is 0.577. The lowest BCUT2D eigenvalue weighted by Gasteiger charge is -2.15. The van der Waals surface area contributed by atoms with Crippen molar-refractivity contribution in [2.75, 3.05) is 12.0 Å². The second kappa shape index (κ2) is 7.01. The molecule has 0 saturated heterocycles. The van der Waals surface area contributed by atoms with Crippen LogP contribution in [-0.4, -0.2) is 18.1 Å². The summed E-state index contributed by atoms with van der Waals surface area (Å²) in [6.45, 7) is 5.29. The first kappa shape index (κ1) is 14.5. The second-order valence-electron chi connectivity index (χ2n) is 4.79. The van der Waals surface area contributed by atoms with Crippen molar-refractivity contribution in [3.63, 3.8) is 0 Å². The zero-order valence-corrected chi connectivity index (χ0v) is 12.8. The second-order valence-corrected chi connectivity index (χ2v) is 5.71. The average Bonchev–Trinajstić information content (AvgIpc) is 2.81. The number of thioether (sulfide) groups is 1. The van der Waals surface area contributed by atoms with E-state index in [1.54, 1.807) is 0 Å². The van der Waals surface area contributed by atoms with Gasteiger partial charge in [0, 0.05) is 35.7 Å². The molecule has 0 saturated carbocycles. The Morgan fingerprint density at radius 3 is 2.74 bits per heavy atom. The van der Waals surface area contributed by atoms with Gasteiger partial charge in [-0.2, -0.15) is 11.8 Å². The van der Waals surface area contributed by atoms with E-state index in [1.165, 1.54) is 10.9 Å². The molecule has 1 unspecified atom stereocenters. The molecule has 0 aliphatic heterocycles. The van der Waals surface area contributed by atoms with Crippen LogP contribution in [-0.2, 0) is 13.0 Å². The van der Waals surface area contributed by atoms with Crippen molar-refractivity contribution >= 4 is 22.7 Å².